The maximum Gasteiger partial charge on any atom is 0.306 e. The topological polar surface area (TPSA) is 95.9 Å². The van der Waals surface area contributed by atoms with Crippen LogP contribution in [0.2, 0.25) is 0 Å². The van der Waals surface area contributed by atoms with Gasteiger partial charge in [-0.1, -0.05) is 211 Å². The summed E-state index contributed by atoms with van der Waals surface area (Å²) in [5.74, 6) is -0.489. The van der Waals surface area contributed by atoms with Gasteiger partial charge in [-0.15, -0.1) is 0 Å². The number of allylic oxidation sites excluding steroid dienone is 6. The smallest absolute Gasteiger partial charge is 0.306 e. The normalized spacial score (nSPS) is 13.6. The minimum atomic E-state index is -0.789. The van der Waals surface area contributed by atoms with Gasteiger partial charge in [0, 0.05) is 6.42 Å². The summed E-state index contributed by atoms with van der Waals surface area (Å²) in [5.41, 5.74) is 0. The molecule has 1 amide bonds. The third-order valence-electron chi connectivity index (χ3n) is 11.2. The van der Waals surface area contributed by atoms with Crippen molar-refractivity contribution in [2.45, 2.75) is 270 Å². The van der Waals surface area contributed by atoms with E-state index >= 15 is 0 Å². The molecule has 0 rings (SSSR count). The highest BCUT2D eigenvalue weighted by Crippen LogP contribution is 2.17. The molecule has 0 radical (unpaired) electrons. The van der Waals surface area contributed by atoms with E-state index in [0.29, 0.717) is 19.3 Å². The summed E-state index contributed by atoms with van der Waals surface area (Å²) in [5, 5.41) is 23.7. The van der Waals surface area contributed by atoms with Crippen LogP contribution in [0.3, 0.4) is 0 Å². The Hall–Kier alpha value is -1.92. The summed E-state index contributed by atoms with van der Waals surface area (Å²) in [4.78, 5) is 26.0. The number of hydrogen-bond donors (Lipinski definition) is 3. The summed E-state index contributed by atoms with van der Waals surface area (Å²) in [6.07, 6.45) is 52.0. The molecule has 0 aromatic heterocycles. The number of rotatable bonds is 44. The van der Waals surface area contributed by atoms with Crippen molar-refractivity contribution in [3.8, 4) is 0 Å². The van der Waals surface area contributed by atoms with E-state index in [2.05, 4.69) is 62.5 Å². The van der Waals surface area contributed by atoms with Crippen molar-refractivity contribution in [2.24, 2.45) is 0 Å². The number of carbonyl (C=O) groups is 2. The fourth-order valence-corrected chi connectivity index (χ4v) is 7.44. The van der Waals surface area contributed by atoms with Crippen LogP contribution in [0, 0.1) is 0 Å². The second-order valence-electron chi connectivity index (χ2n) is 16.9. The van der Waals surface area contributed by atoms with E-state index in [9.17, 15) is 19.8 Å². The van der Waals surface area contributed by atoms with Gasteiger partial charge in [-0.05, 0) is 64.2 Å². The zero-order chi connectivity index (χ0) is 41.7. The SMILES string of the molecule is CCCCC/C=C\C/C=C\C/C=C\CCCCCCC(CC(=O)NC(CO)C(O)CCCCCCCCCCCC)OC(=O)CCCCCCCCCCCCC. The molecule has 0 aliphatic heterocycles. The van der Waals surface area contributed by atoms with Crippen LogP contribution in [0.25, 0.3) is 0 Å². The van der Waals surface area contributed by atoms with Crippen molar-refractivity contribution in [2.75, 3.05) is 6.61 Å². The standard InChI is InChI=1S/C51H95NO5/c1-4-7-10-13-16-19-22-23-24-25-26-27-29-30-33-36-39-42-47(57-51(56)44-41-38-35-32-28-20-17-14-11-8-5-2)45-50(55)52-48(46-53)49(54)43-40-37-34-31-21-18-15-12-9-6-3/h16,19,23-24,26-27,47-49,53-54H,4-15,17-18,20-22,25,28-46H2,1-3H3,(H,52,55)/b19-16-,24-23-,27-26-. The predicted molar refractivity (Wildman–Crippen MR) is 246 cm³/mol. The van der Waals surface area contributed by atoms with Crippen LogP contribution >= 0.6 is 0 Å². The first-order chi connectivity index (χ1) is 28.0. The lowest BCUT2D eigenvalue weighted by Gasteiger charge is -2.24. The maximum absolute atomic E-state index is 13.2. The van der Waals surface area contributed by atoms with Crippen LogP contribution in [-0.4, -0.2) is 46.9 Å². The second kappa shape index (κ2) is 45.2. The van der Waals surface area contributed by atoms with E-state index in [0.717, 1.165) is 83.5 Å². The third kappa shape index (κ3) is 40.6. The van der Waals surface area contributed by atoms with Crippen molar-refractivity contribution < 1.29 is 24.5 Å². The molecule has 0 spiro atoms. The molecule has 3 unspecified atom stereocenters. The Morgan fingerprint density at radius 2 is 0.895 bits per heavy atom. The summed E-state index contributed by atoms with van der Waals surface area (Å²) in [6, 6.07) is -0.704. The van der Waals surface area contributed by atoms with Gasteiger partial charge >= 0.3 is 5.97 Å². The highest BCUT2D eigenvalue weighted by molar-refractivity contribution is 5.77. The van der Waals surface area contributed by atoms with E-state index in [1.807, 2.05) is 0 Å². The van der Waals surface area contributed by atoms with Gasteiger partial charge in [0.05, 0.1) is 25.2 Å². The quantitative estimate of drug-likeness (QED) is 0.0324. The first-order valence-corrected chi connectivity index (χ1v) is 24.7. The summed E-state index contributed by atoms with van der Waals surface area (Å²) in [7, 11) is 0. The Kier molecular flexibility index (Phi) is 43.6. The molecule has 6 nitrogen and oxygen atoms in total. The molecule has 0 heterocycles. The van der Waals surface area contributed by atoms with E-state index in [-0.39, 0.29) is 24.9 Å². The van der Waals surface area contributed by atoms with Gasteiger partial charge in [-0.25, -0.2) is 0 Å². The Balaban J connectivity index is 4.63. The highest BCUT2D eigenvalue weighted by Gasteiger charge is 2.24. The number of ether oxygens (including phenoxy) is 1. The van der Waals surface area contributed by atoms with E-state index in [4.69, 9.17) is 4.74 Å². The largest absolute Gasteiger partial charge is 0.462 e. The number of hydrogen-bond acceptors (Lipinski definition) is 5. The lowest BCUT2D eigenvalue weighted by atomic mass is 10.0. The number of esters is 1. The Morgan fingerprint density at radius 1 is 0.509 bits per heavy atom. The predicted octanol–water partition coefficient (Wildman–Crippen LogP) is 14.5. The molecule has 0 bridgehead atoms. The minimum Gasteiger partial charge on any atom is -0.462 e. The first-order valence-electron chi connectivity index (χ1n) is 24.7. The highest BCUT2D eigenvalue weighted by atomic mass is 16.5. The van der Waals surface area contributed by atoms with Crippen molar-refractivity contribution in [1.82, 2.24) is 5.32 Å². The van der Waals surface area contributed by atoms with Gasteiger partial charge in [-0.3, -0.25) is 9.59 Å². The summed E-state index contributed by atoms with van der Waals surface area (Å²) < 4.78 is 5.91. The fraction of sp³-hybridized carbons (Fsp3) is 0.843. The number of aliphatic hydroxyl groups is 2. The Morgan fingerprint density at radius 3 is 1.39 bits per heavy atom. The van der Waals surface area contributed by atoms with Crippen molar-refractivity contribution in [3.05, 3.63) is 36.5 Å². The number of amides is 1. The molecule has 334 valence electrons. The zero-order valence-corrected chi connectivity index (χ0v) is 38.0. The molecule has 0 saturated heterocycles. The van der Waals surface area contributed by atoms with Crippen LogP contribution in [0.4, 0.5) is 0 Å². The van der Waals surface area contributed by atoms with Gasteiger partial charge in [0.25, 0.3) is 0 Å². The molecule has 3 N–H and O–H groups in total. The first kappa shape index (κ1) is 55.1. The molecule has 0 fully saturated rings. The number of carbonyl (C=O) groups excluding carboxylic acids is 2. The third-order valence-corrected chi connectivity index (χ3v) is 11.2. The van der Waals surface area contributed by atoms with Crippen LogP contribution in [0.5, 0.6) is 0 Å². The molecule has 3 atom stereocenters. The average molecular weight is 802 g/mol. The lowest BCUT2D eigenvalue weighted by Crippen LogP contribution is -2.46. The van der Waals surface area contributed by atoms with E-state index in [1.165, 1.54) is 122 Å². The second-order valence-corrected chi connectivity index (χ2v) is 16.9. The van der Waals surface area contributed by atoms with Crippen LogP contribution in [-0.2, 0) is 14.3 Å². The number of unbranched alkanes of at least 4 members (excludes halogenated alkanes) is 26. The molecule has 0 aromatic rings. The number of nitrogens with one attached hydrogen (secondary N) is 1. The summed E-state index contributed by atoms with van der Waals surface area (Å²) in [6.45, 7) is 6.43. The fourth-order valence-electron chi connectivity index (χ4n) is 7.44. The Bertz CT molecular complexity index is 946. The van der Waals surface area contributed by atoms with Crippen molar-refractivity contribution in [1.29, 1.82) is 0 Å². The molecule has 0 saturated carbocycles. The molecule has 0 aliphatic rings. The van der Waals surface area contributed by atoms with Gasteiger partial charge in [-0.2, -0.15) is 0 Å². The van der Waals surface area contributed by atoms with E-state index in [1.54, 1.807) is 0 Å². The van der Waals surface area contributed by atoms with Crippen LogP contribution < -0.4 is 5.32 Å². The Labute approximate surface area is 353 Å². The molecule has 0 aromatic carbocycles. The molecule has 0 aliphatic carbocycles. The van der Waals surface area contributed by atoms with Crippen LogP contribution in [0.1, 0.15) is 252 Å². The number of aliphatic hydroxyl groups excluding tert-OH is 2. The molecular weight excluding hydrogens is 707 g/mol. The maximum atomic E-state index is 13.2. The lowest BCUT2D eigenvalue weighted by molar-refractivity contribution is -0.151. The van der Waals surface area contributed by atoms with Crippen molar-refractivity contribution >= 4 is 11.9 Å². The minimum absolute atomic E-state index is 0.0658. The monoisotopic (exact) mass is 802 g/mol. The van der Waals surface area contributed by atoms with Crippen LogP contribution in [0.15, 0.2) is 36.5 Å². The summed E-state index contributed by atoms with van der Waals surface area (Å²) >= 11 is 0. The van der Waals surface area contributed by atoms with Crippen molar-refractivity contribution in [3.63, 3.8) is 0 Å². The average Bonchev–Trinajstić information content (AvgIpc) is 3.20. The molecule has 57 heavy (non-hydrogen) atoms. The molecular formula is C51H95NO5. The van der Waals surface area contributed by atoms with Gasteiger partial charge in [0.15, 0.2) is 0 Å². The van der Waals surface area contributed by atoms with Gasteiger partial charge in [0.2, 0.25) is 5.91 Å². The van der Waals surface area contributed by atoms with Gasteiger partial charge in [0.1, 0.15) is 6.10 Å². The van der Waals surface area contributed by atoms with E-state index < -0.39 is 18.2 Å². The molecule has 6 heteroatoms. The van der Waals surface area contributed by atoms with Gasteiger partial charge < -0.3 is 20.3 Å². The zero-order valence-electron chi connectivity index (χ0n) is 38.0.